The van der Waals surface area contributed by atoms with E-state index in [1.165, 1.54) is 15.9 Å². The van der Waals surface area contributed by atoms with Crippen LogP contribution in [0.25, 0.3) is 10.3 Å². The van der Waals surface area contributed by atoms with Gasteiger partial charge in [0.15, 0.2) is 10.3 Å². The van der Waals surface area contributed by atoms with Crippen molar-refractivity contribution in [1.82, 2.24) is 14.5 Å². The molecule has 0 amide bonds. The number of ether oxygens (including phenoxy) is 1. The van der Waals surface area contributed by atoms with Gasteiger partial charge in [-0.3, -0.25) is 9.36 Å². The summed E-state index contributed by atoms with van der Waals surface area (Å²) in [4.78, 5) is 23.4. The zero-order valence-electron chi connectivity index (χ0n) is 11.3. The molecule has 2 aromatic rings. The maximum atomic E-state index is 12.3. The van der Waals surface area contributed by atoms with Crippen molar-refractivity contribution < 1.29 is 9.29 Å². The lowest BCUT2D eigenvalue weighted by Crippen LogP contribution is -2.53. The second-order valence-corrected chi connectivity index (χ2v) is 7.16. The van der Waals surface area contributed by atoms with E-state index in [0.29, 0.717) is 28.2 Å². The highest BCUT2D eigenvalue weighted by Crippen LogP contribution is 2.25. The first-order valence-electron chi connectivity index (χ1n) is 6.00. The predicted octanol–water partition coefficient (Wildman–Crippen LogP) is -0.0376. The van der Waals surface area contributed by atoms with Crippen LogP contribution in [0.4, 0.5) is 5.95 Å². The summed E-state index contributed by atoms with van der Waals surface area (Å²) in [6.45, 7) is 1.43. The SMILES string of the molecule is COC1CN(c2nc3sc([S+](C)[O-])nc3c(=O)n2C)C1. The molecule has 0 N–H and O–H groups in total. The molecule has 3 rings (SSSR count). The molecule has 0 saturated carbocycles. The van der Waals surface area contributed by atoms with E-state index >= 15 is 0 Å². The maximum Gasteiger partial charge on any atom is 0.304 e. The predicted molar refractivity (Wildman–Crippen MR) is 78.0 cm³/mol. The summed E-state index contributed by atoms with van der Waals surface area (Å²) < 4.78 is 18.6. The van der Waals surface area contributed by atoms with Crippen molar-refractivity contribution in [2.45, 2.75) is 10.4 Å². The topological polar surface area (TPSA) is 83.3 Å². The van der Waals surface area contributed by atoms with Crippen LogP contribution >= 0.6 is 11.3 Å². The number of rotatable bonds is 3. The summed E-state index contributed by atoms with van der Waals surface area (Å²) in [5.74, 6) is 0.605. The molecule has 0 spiro atoms. The number of hydrogen-bond acceptors (Lipinski definition) is 7. The van der Waals surface area contributed by atoms with Crippen LogP contribution in [0.2, 0.25) is 0 Å². The van der Waals surface area contributed by atoms with Crippen LogP contribution in [0, 0.1) is 0 Å². The van der Waals surface area contributed by atoms with E-state index in [0.717, 1.165) is 0 Å². The number of nitrogens with zero attached hydrogens (tertiary/aromatic N) is 4. The molecular formula is C11H14N4O3S2. The van der Waals surface area contributed by atoms with Crippen LogP contribution < -0.4 is 10.5 Å². The Morgan fingerprint density at radius 2 is 2.15 bits per heavy atom. The van der Waals surface area contributed by atoms with Crippen LogP contribution in [0.1, 0.15) is 0 Å². The lowest BCUT2D eigenvalue weighted by atomic mass is 10.2. The Morgan fingerprint density at radius 3 is 2.75 bits per heavy atom. The third kappa shape index (κ3) is 2.10. The van der Waals surface area contributed by atoms with Crippen LogP contribution in [0.15, 0.2) is 9.13 Å². The minimum absolute atomic E-state index is 0.183. The van der Waals surface area contributed by atoms with Crippen molar-refractivity contribution in [2.75, 3.05) is 31.4 Å². The summed E-state index contributed by atoms with van der Waals surface area (Å²) in [7, 11) is 3.34. The molecule has 9 heteroatoms. The van der Waals surface area contributed by atoms with Crippen molar-refractivity contribution in [2.24, 2.45) is 7.05 Å². The molecule has 1 saturated heterocycles. The first-order chi connectivity index (χ1) is 9.51. The Kier molecular flexibility index (Phi) is 3.44. The summed E-state index contributed by atoms with van der Waals surface area (Å²) in [5.41, 5.74) is 0.0779. The Labute approximate surface area is 122 Å². The van der Waals surface area contributed by atoms with Crippen molar-refractivity contribution in [3.63, 3.8) is 0 Å². The van der Waals surface area contributed by atoms with Crippen molar-refractivity contribution >= 4 is 38.8 Å². The standard InChI is InChI=1S/C11H14N4O3S2/c1-14-9(16)7-8(19-11(12-7)20(3)17)13-10(14)15-4-6(5-15)18-2/h6H,4-5H2,1-3H3. The quantitative estimate of drug-likeness (QED) is 0.739. The number of anilines is 1. The maximum absolute atomic E-state index is 12.3. The van der Waals surface area contributed by atoms with E-state index < -0.39 is 11.2 Å². The number of fused-ring (bicyclic) bond motifs is 1. The molecule has 1 atom stereocenters. The molecule has 0 aliphatic carbocycles. The van der Waals surface area contributed by atoms with Gasteiger partial charge in [0.25, 0.3) is 5.56 Å². The van der Waals surface area contributed by atoms with Gasteiger partial charge >= 0.3 is 4.34 Å². The Hall–Kier alpha value is -1.16. The zero-order valence-corrected chi connectivity index (χ0v) is 13.0. The zero-order chi connectivity index (χ0) is 14.4. The second kappa shape index (κ2) is 4.99. The number of thiazole rings is 1. The van der Waals surface area contributed by atoms with Crippen LogP contribution in [0.3, 0.4) is 0 Å². The van der Waals surface area contributed by atoms with Crippen LogP contribution in [0.5, 0.6) is 0 Å². The molecule has 108 valence electrons. The van der Waals surface area contributed by atoms with Crippen LogP contribution in [-0.4, -0.2) is 51.6 Å². The highest BCUT2D eigenvalue weighted by Gasteiger charge is 2.30. The molecule has 20 heavy (non-hydrogen) atoms. The lowest BCUT2D eigenvalue weighted by Gasteiger charge is -2.39. The fourth-order valence-corrected chi connectivity index (χ4v) is 3.67. The molecule has 0 aromatic carbocycles. The summed E-state index contributed by atoms with van der Waals surface area (Å²) >= 11 is 0.00422. The van der Waals surface area contributed by atoms with E-state index in [-0.39, 0.29) is 17.2 Å². The van der Waals surface area contributed by atoms with Gasteiger partial charge in [0.05, 0.1) is 6.10 Å². The monoisotopic (exact) mass is 314 g/mol. The summed E-state index contributed by atoms with van der Waals surface area (Å²) in [5, 5.41) is 0. The highest BCUT2D eigenvalue weighted by atomic mass is 32.2. The first kappa shape index (κ1) is 13.8. The molecule has 0 radical (unpaired) electrons. The minimum atomic E-state index is -1.20. The largest absolute Gasteiger partial charge is 0.610 e. The van der Waals surface area contributed by atoms with Gasteiger partial charge in [0.1, 0.15) is 6.26 Å². The first-order valence-corrected chi connectivity index (χ1v) is 8.37. The van der Waals surface area contributed by atoms with Gasteiger partial charge < -0.3 is 14.2 Å². The Bertz CT molecular complexity index is 705. The smallest absolute Gasteiger partial charge is 0.304 e. The van der Waals surface area contributed by atoms with Gasteiger partial charge in [0.2, 0.25) is 5.95 Å². The fraction of sp³-hybridized carbons (Fsp3) is 0.545. The molecule has 2 aromatic heterocycles. The third-order valence-electron chi connectivity index (χ3n) is 3.31. The minimum Gasteiger partial charge on any atom is -0.610 e. The third-order valence-corrected chi connectivity index (χ3v) is 5.59. The molecule has 1 fully saturated rings. The molecule has 7 nitrogen and oxygen atoms in total. The van der Waals surface area contributed by atoms with Gasteiger partial charge in [-0.2, -0.15) is 4.98 Å². The summed E-state index contributed by atoms with van der Waals surface area (Å²) in [6.07, 6.45) is 1.73. The van der Waals surface area contributed by atoms with Gasteiger partial charge in [-0.05, 0) is 11.3 Å². The molecule has 1 aliphatic rings. The van der Waals surface area contributed by atoms with Crippen molar-refractivity contribution in [1.29, 1.82) is 0 Å². The van der Waals surface area contributed by atoms with Crippen molar-refractivity contribution in [3.8, 4) is 0 Å². The molecule has 1 aliphatic heterocycles. The Balaban J connectivity index is 2.06. The molecule has 0 bridgehead atoms. The number of hydrogen-bond donors (Lipinski definition) is 0. The molecule has 3 heterocycles. The average Bonchev–Trinajstić information content (AvgIpc) is 2.78. The van der Waals surface area contributed by atoms with E-state index in [4.69, 9.17) is 4.74 Å². The molecular weight excluding hydrogens is 300 g/mol. The van der Waals surface area contributed by atoms with Crippen molar-refractivity contribution in [3.05, 3.63) is 10.4 Å². The van der Waals surface area contributed by atoms with Crippen LogP contribution in [-0.2, 0) is 23.0 Å². The van der Waals surface area contributed by atoms with Gasteiger partial charge in [-0.1, -0.05) is 0 Å². The summed E-state index contributed by atoms with van der Waals surface area (Å²) in [6, 6.07) is 0. The van der Waals surface area contributed by atoms with E-state index in [9.17, 15) is 9.35 Å². The van der Waals surface area contributed by atoms with E-state index in [2.05, 4.69) is 9.97 Å². The normalized spacial score (nSPS) is 17.5. The Morgan fingerprint density at radius 1 is 1.45 bits per heavy atom. The number of aromatic nitrogens is 3. The van der Waals surface area contributed by atoms with E-state index in [1.807, 2.05) is 4.90 Å². The van der Waals surface area contributed by atoms with E-state index in [1.54, 1.807) is 20.4 Å². The van der Waals surface area contributed by atoms with Gasteiger partial charge in [-0.15, -0.1) is 0 Å². The lowest BCUT2D eigenvalue weighted by molar-refractivity contribution is 0.0774. The highest BCUT2D eigenvalue weighted by molar-refractivity contribution is 7.92. The van der Waals surface area contributed by atoms with Gasteiger partial charge in [0, 0.05) is 38.4 Å². The molecule has 1 unspecified atom stereocenters. The average molecular weight is 314 g/mol. The number of methoxy groups -OCH3 is 1. The second-order valence-electron chi connectivity index (χ2n) is 4.63. The van der Waals surface area contributed by atoms with Gasteiger partial charge in [-0.25, -0.2) is 4.98 Å². The fourth-order valence-electron chi connectivity index (χ4n) is 2.08.